The molecule has 0 unspecified atom stereocenters. The number of rotatable bonds is 2. The van der Waals surface area contributed by atoms with E-state index in [1.165, 1.54) is 0 Å². The van der Waals surface area contributed by atoms with E-state index in [9.17, 15) is 0 Å². The zero-order valence-electron chi connectivity index (χ0n) is 16.1. The standard InChI is InChI=1S/C12H10Cl2N2.C12H12N2/c13-9-5-7(1-3-11(9)15)8-2-4-12(16)10(14)6-8;13-11-5-1-9(2-6-11)10-3-7-12(14)8-4-10/h1-6H,15-16H2;1-8H,13-14H2. The van der Waals surface area contributed by atoms with Crippen molar-refractivity contribution in [1.29, 1.82) is 0 Å². The fourth-order valence-corrected chi connectivity index (χ4v) is 3.13. The first-order chi connectivity index (χ1) is 14.3. The van der Waals surface area contributed by atoms with Crippen LogP contribution in [0.2, 0.25) is 10.0 Å². The van der Waals surface area contributed by atoms with E-state index >= 15 is 0 Å². The molecule has 0 heterocycles. The molecule has 4 rings (SSSR count). The van der Waals surface area contributed by atoms with Crippen LogP contribution in [-0.2, 0) is 0 Å². The third-order valence-electron chi connectivity index (χ3n) is 4.49. The zero-order chi connectivity index (χ0) is 21.7. The summed E-state index contributed by atoms with van der Waals surface area (Å²) in [7, 11) is 0. The largest absolute Gasteiger partial charge is 0.399 e. The summed E-state index contributed by atoms with van der Waals surface area (Å²) >= 11 is 11.9. The topological polar surface area (TPSA) is 104 Å². The van der Waals surface area contributed by atoms with Crippen molar-refractivity contribution < 1.29 is 0 Å². The minimum atomic E-state index is 0.533. The number of nitrogen functional groups attached to an aromatic ring is 4. The van der Waals surface area contributed by atoms with Crippen molar-refractivity contribution in [3.63, 3.8) is 0 Å². The van der Waals surface area contributed by atoms with Gasteiger partial charge in [0, 0.05) is 11.4 Å². The van der Waals surface area contributed by atoms with Gasteiger partial charge in [0.1, 0.15) is 0 Å². The maximum atomic E-state index is 5.95. The average molecular weight is 437 g/mol. The lowest BCUT2D eigenvalue weighted by molar-refractivity contribution is 1.61. The molecule has 4 nitrogen and oxygen atoms in total. The van der Waals surface area contributed by atoms with Gasteiger partial charge >= 0.3 is 0 Å². The van der Waals surface area contributed by atoms with Crippen LogP contribution in [0, 0.1) is 0 Å². The Kier molecular flexibility index (Phi) is 6.72. The second-order valence-corrected chi connectivity index (χ2v) is 7.53. The molecule has 0 spiro atoms. The summed E-state index contributed by atoms with van der Waals surface area (Å²) in [5, 5.41) is 1.07. The number of nitrogens with two attached hydrogens (primary N) is 4. The summed E-state index contributed by atoms with van der Waals surface area (Å²) in [5.74, 6) is 0. The third-order valence-corrected chi connectivity index (χ3v) is 5.14. The second-order valence-electron chi connectivity index (χ2n) is 6.72. The van der Waals surface area contributed by atoms with Gasteiger partial charge in [-0.2, -0.15) is 0 Å². The van der Waals surface area contributed by atoms with E-state index < -0.39 is 0 Å². The number of anilines is 4. The van der Waals surface area contributed by atoms with Gasteiger partial charge in [0.25, 0.3) is 0 Å². The Morgan fingerprint density at radius 2 is 0.700 bits per heavy atom. The van der Waals surface area contributed by atoms with Crippen molar-refractivity contribution in [2.24, 2.45) is 0 Å². The monoisotopic (exact) mass is 436 g/mol. The van der Waals surface area contributed by atoms with Gasteiger partial charge in [-0.1, -0.05) is 59.6 Å². The molecule has 0 aliphatic heterocycles. The molecule has 0 radical (unpaired) electrons. The summed E-state index contributed by atoms with van der Waals surface area (Å²) in [4.78, 5) is 0. The van der Waals surface area contributed by atoms with Gasteiger partial charge in [-0.25, -0.2) is 0 Å². The lowest BCUT2D eigenvalue weighted by Gasteiger charge is -2.06. The quantitative estimate of drug-likeness (QED) is 0.275. The molecule has 4 aromatic carbocycles. The lowest BCUT2D eigenvalue weighted by Crippen LogP contribution is -1.88. The molecule has 0 amide bonds. The van der Waals surface area contributed by atoms with E-state index in [4.69, 9.17) is 46.1 Å². The van der Waals surface area contributed by atoms with Crippen LogP contribution in [0.4, 0.5) is 22.7 Å². The maximum Gasteiger partial charge on any atom is 0.0641 e. The molecule has 0 saturated heterocycles. The Hall–Kier alpha value is -3.34. The Morgan fingerprint density at radius 1 is 0.400 bits per heavy atom. The minimum absolute atomic E-state index is 0.533. The zero-order valence-corrected chi connectivity index (χ0v) is 17.7. The molecular weight excluding hydrogens is 415 g/mol. The Balaban J connectivity index is 0.000000172. The molecule has 8 N–H and O–H groups in total. The van der Waals surface area contributed by atoms with Crippen LogP contribution in [0.1, 0.15) is 0 Å². The van der Waals surface area contributed by atoms with E-state index in [2.05, 4.69) is 0 Å². The summed E-state index contributed by atoms with van der Waals surface area (Å²) in [6.07, 6.45) is 0. The summed E-state index contributed by atoms with van der Waals surface area (Å²) in [6, 6.07) is 26.5. The van der Waals surface area contributed by atoms with Crippen LogP contribution in [0.3, 0.4) is 0 Å². The highest BCUT2D eigenvalue weighted by Gasteiger charge is 2.03. The van der Waals surface area contributed by atoms with Crippen molar-refractivity contribution in [3.05, 3.63) is 95.0 Å². The molecule has 4 aromatic rings. The van der Waals surface area contributed by atoms with Crippen LogP contribution in [0.15, 0.2) is 84.9 Å². The molecule has 0 fully saturated rings. The van der Waals surface area contributed by atoms with Gasteiger partial charge in [0.05, 0.1) is 21.4 Å². The van der Waals surface area contributed by atoms with Crippen molar-refractivity contribution >= 4 is 46.0 Å². The molecule has 6 heteroatoms. The second kappa shape index (κ2) is 9.44. The Morgan fingerprint density at radius 3 is 1.00 bits per heavy atom. The number of halogens is 2. The van der Waals surface area contributed by atoms with E-state index in [0.29, 0.717) is 21.4 Å². The molecule has 0 aliphatic rings. The normalized spacial score (nSPS) is 10.2. The summed E-state index contributed by atoms with van der Waals surface area (Å²) < 4.78 is 0. The van der Waals surface area contributed by atoms with Gasteiger partial charge in [0.2, 0.25) is 0 Å². The first kappa shape index (κ1) is 21.4. The first-order valence-electron chi connectivity index (χ1n) is 9.15. The predicted octanol–water partition coefficient (Wildman–Crippen LogP) is 6.34. The molecule has 152 valence electrons. The Labute approximate surface area is 186 Å². The van der Waals surface area contributed by atoms with E-state index in [1.807, 2.05) is 60.7 Å². The lowest BCUT2D eigenvalue weighted by atomic mass is 10.1. The van der Waals surface area contributed by atoms with Crippen LogP contribution in [0.25, 0.3) is 22.3 Å². The number of hydrogen-bond acceptors (Lipinski definition) is 4. The van der Waals surface area contributed by atoms with Crippen molar-refractivity contribution in [1.82, 2.24) is 0 Å². The summed E-state index contributed by atoms with van der Waals surface area (Å²) in [6.45, 7) is 0. The van der Waals surface area contributed by atoms with Gasteiger partial charge in [-0.15, -0.1) is 0 Å². The van der Waals surface area contributed by atoms with Crippen molar-refractivity contribution in [2.75, 3.05) is 22.9 Å². The third kappa shape index (κ3) is 5.38. The SMILES string of the molecule is Nc1ccc(-c2ccc(N)c(Cl)c2)cc1Cl.Nc1ccc(-c2ccc(N)cc2)cc1. The van der Waals surface area contributed by atoms with Gasteiger partial charge in [0.15, 0.2) is 0 Å². The minimum Gasteiger partial charge on any atom is -0.399 e. The van der Waals surface area contributed by atoms with Crippen molar-refractivity contribution in [2.45, 2.75) is 0 Å². The molecular formula is C24H22Cl2N4. The van der Waals surface area contributed by atoms with E-state index in [0.717, 1.165) is 33.6 Å². The highest BCUT2D eigenvalue weighted by molar-refractivity contribution is 6.34. The maximum absolute atomic E-state index is 5.95. The smallest absolute Gasteiger partial charge is 0.0641 e. The highest BCUT2D eigenvalue weighted by atomic mass is 35.5. The van der Waals surface area contributed by atoms with Crippen LogP contribution >= 0.6 is 23.2 Å². The molecule has 0 bridgehead atoms. The number of benzene rings is 4. The van der Waals surface area contributed by atoms with Gasteiger partial charge in [-0.3, -0.25) is 0 Å². The van der Waals surface area contributed by atoms with E-state index in [-0.39, 0.29) is 0 Å². The highest BCUT2D eigenvalue weighted by Crippen LogP contribution is 2.30. The molecule has 0 aliphatic carbocycles. The average Bonchev–Trinajstić information content (AvgIpc) is 2.74. The Bertz CT molecular complexity index is 1050. The van der Waals surface area contributed by atoms with E-state index in [1.54, 1.807) is 24.3 Å². The van der Waals surface area contributed by atoms with Crippen LogP contribution in [-0.4, -0.2) is 0 Å². The fraction of sp³-hybridized carbons (Fsp3) is 0. The molecule has 0 atom stereocenters. The fourth-order valence-electron chi connectivity index (χ4n) is 2.76. The molecule has 30 heavy (non-hydrogen) atoms. The van der Waals surface area contributed by atoms with Crippen molar-refractivity contribution in [3.8, 4) is 22.3 Å². The summed E-state index contributed by atoms with van der Waals surface area (Å²) in [5.41, 5.74) is 29.4. The molecule has 0 aromatic heterocycles. The van der Waals surface area contributed by atoms with Gasteiger partial charge in [-0.05, 0) is 70.8 Å². The number of hydrogen-bond donors (Lipinski definition) is 4. The van der Waals surface area contributed by atoms with Crippen LogP contribution in [0.5, 0.6) is 0 Å². The van der Waals surface area contributed by atoms with Crippen LogP contribution < -0.4 is 22.9 Å². The predicted molar refractivity (Wildman–Crippen MR) is 131 cm³/mol. The molecule has 0 saturated carbocycles. The van der Waals surface area contributed by atoms with Gasteiger partial charge < -0.3 is 22.9 Å². The first-order valence-corrected chi connectivity index (χ1v) is 9.91.